The highest BCUT2D eigenvalue weighted by Crippen LogP contribution is 2.10. The lowest BCUT2D eigenvalue weighted by atomic mass is 10.1. The van der Waals surface area contributed by atoms with Crippen LogP contribution >= 0.6 is 0 Å². The number of carbonyl (C=O) groups excluding carboxylic acids is 1. The molecule has 0 saturated carbocycles. The van der Waals surface area contributed by atoms with Gasteiger partial charge in [-0.3, -0.25) is 4.79 Å². The number of ether oxygens (including phenoxy) is 1. The van der Waals surface area contributed by atoms with Crippen molar-refractivity contribution in [2.75, 3.05) is 13.7 Å². The number of amides is 1. The van der Waals surface area contributed by atoms with Crippen molar-refractivity contribution in [3.63, 3.8) is 0 Å². The van der Waals surface area contributed by atoms with Gasteiger partial charge in [0.15, 0.2) is 0 Å². The summed E-state index contributed by atoms with van der Waals surface area (Å²) in [5, 5.41) is 2.84. The summed E-state index contributed by atoms with van der Waals surface area (Å²) >= 11 is 0. The van der Waals surface area contributed by atoms with Crippen molar-refractivity contribution in [2.45, 2.75) is 19.0 Å². The minimum atomic E-state index is -0.615. The molecular weight excluding hydrogens is 204 g/mol. The minimum Gasteiger partial charge on any atom is -0.383 e. The molecule has 0 aliphatic rings. The van der Waals surface area contributed by atoms with Gasteiger partial charge in [-0.2, -0.15) is 0 Å². The summed E-state index contributed by atoms with van der Waals surface area (Å²) in [6.07, 6.45) is 0. The van der Waals surface area contributed by atoms with Crippen LogP contribution in [-0.2, 0) is 9.53 Å². The maximum Gasteiger partial charge on any atom is 0.239 e. The van der Waals surface area contributed by atoms with Gasteiger partial charge in [0.25, 0.3) is 0 Å². The zero-order valence-electron chi connectivity index (χ0n) is 9.64. The molecule has 1 amide bonds. The lowest BCUT2D eigenvalue weighted by Gasteiger charge is -2.17. The van der Waals surface area contributed by atoms with Crippen molar-refractivity contribution < 1.29 is 9.53 Å². The number of methoxy groups -OCH3 is 1. The van der Waals surface area contributed by atoms with Crippen molar-refractivity contribution in [3.05, 3.63) is 35.9 Å². The van der Waals surface area contributed by atoms with Gasteiger partial charge in [-0.1, -0.05) is 30.3 Å². The molecule has 1 aromatic rings. The molecule has 1 unspecified atom stereocenters. The van der Waals surface area contributed by atoms with Crippen LogP contribution in [0.4, 0.5) is 0 Å². The van der Waals surface area contributed by atoms with E-state index in [0.29, 0.717) is 0 Å². The normalized spacial score (nSPS) is 14.2. The molecule has 88 valence electrons. The highest BCUT2D eigenvalue weighted by Gasteiger charge is 2.15. The van der Waals surface area contributed by atoms with Crippen LogP contribution in [0.25, 0.3) is 0 Å². The third-order valence-corrected chi connectivity index (χ3v) is 2.34. The predicted octanol–water partition coefficient (Wildman–Crippen LogP) is 0.838. The summed E-state index contributed by atoms with van der Waals surface area (Å²) in [5.41, 5.74) is 6.67. The van der Waals surface area contributed by atoms with Crippen molar-refractivity contribution in [1.29, 1.82) is 0 Å². The largest absolute Gasteiger partial charge is 0.383 e. The molecular formula is C12H18N2O2. The fourth-order valence-corrected chi connectivity index (χ4v) is 1.40. The highest BCUT2D eigenvalue weighted by atomic mass is 16.5. The van der Waals surface area contributed by atoms with Gasteiger partial charge in [0, 0.05) is 7.11 Å². The lowest BCUT2D eigenvalue weighted by Crippen LogP contribution is -2.44. The fourth-order valence-electron chi connectivity index (χ4n) is 1.40. The summed E-state index contributed by atoms with van der Waals surface area (Å²) < 4.78 is 4.83. The molecule has 0 bridgehead atoms. The van der Waals surface area contributed by atoms with Gasteiger partial charge in [0.2, 0.25) is 5.91 Å². The van der Waals surface area contributed by atoms with Gasteiger partial charge < -0.3 is 15.8 Å². The average Bonchev–Trinajstić information content (AvgIpc) is 2.30. The second kappa shape index (κ2) is 6.25. The standard InChI is InChI=1S/C12H18N2O2/c1-9(10-6-4-3-5-7-10)14-12(15)11(13)8-16-2/h3-7,9,11H,8,13H2,1-2H3,(H,14,15)/t9-,11?/m0/s1. The van der Waals surface area contributed by atoms with E-state index in [0.717, 1.165) is 5.56 Å². The maximum absolute atomic E-state index is 11.6. The van der Waals surface area contributed by atoms with Crippen LogP contribution in [0, 0.1) is 0 Å². The Morgan fingerprint density at radius 1 is 1.44 bits per heavy atom. The van der Waals surface area contributed by atoms with Crippen LogP contribution in [0.1, 0.15) is 18.5 Å². The molecule has 0 saturated heterocycles. The molecule has 0 aliphatic heterocycles. The van der Waals surface area contributed by atoms with Gasteiger partial charge >= 0.3 is 0 Å². The molecule has 0 radical (unpaired) electrons. The average molecular weight is 222 g/mol. The molecule has 0 fully saturated rings. The summed E-state index contributed by atoms with van der Waals surface area (Å²) in [5.74, 6) is -0.196. The second-order valence-corrected chi connectivity index (χ2v) is 3.70. The third kappa shape index (κ3) is 3.64. The second-order valence-electron chi connectivity index (χ2n) is 3.70. The van der Waals surface area contributed by atoms with E-state index >= 15 is 0 Å². The van der Waals surface area contributed by atoms with Crippen molar-refractivity contribution in [1.82, 2.24) is 5.32 Å². The van der Waals surface area contributed by atoms with Gasteiger partial charge in [-0.25, -0.2) is 0 Å². The Bertz CT molecular complexity index is 327. The first kappa shape index (κ1) is 12.7. The summed E-state index contributed by atoms with van der Waals surface area (Å²) in [7, 11) is 1.52. The summed E-state index contributed by atoms with van der Waals surface area (Å²) in [6.45, 7) is 2.15. The van der Waals surface area contributed by atoms with Crippen LogP contribution in [0.2, 0.25) is 0 Å². The maximum atomic E-state index is 11.6. The Morgan fingerprint density at radius 2 is 2.06 bits per heavy atom. The number of benzene rings is 1. The molecule has 0 aromatic heterocycles. The van der Waals surface area contributed by atoms with E-state index in [1.165, 1.54) is 7.11 Å². The van der Waals surface area contributed by atoms with Crippen LogP contribution in [0.15, 0.2) is 30.3 Å². The van der Waals surface area contributed by atoms with E-state index in [-0.39, 0.29) is 18.6 Å². The molecule has 4 heteroatoms. The Labute approximate surface area is 95.8 Å². The molecule has 1 aromatic carbocycles. The monoisotopic (exact) mass is 222 g/mol. The Balaban J connectivity index is 2.51. The molecule has 2 atom stereocenters. The number of carbonyl (C=O) groups is 1. The quantitative estimate of drug-likeness (QED) is 0.776. The first-order valence-electron chi connectivity index (χ1n) is 5.25. The minimum absolute atomic E-state index is 0.0448. The number of hydrogen-bond donors (Lipinski definition) is 2. The smallest absolute Gasteiger partial charge is 0.239 e. The van der Waals surface area contributed by atoms with E-state index in [4.69, 9.17) is 10.5 Å². The molecule has 0 aliphatic carbocycles. The zero-order chi connectivity index (χ0) is 12.0. The first-order chi connectivity index (χ1) is 7.65. The van der Waals surface area contributed by atoms with Gasteiger partial charge in [0.05, 0.1) is 12.6 Å². The fraction of sp³-hybridized carbons (Fsp3) is 0.417. The van der Waals surface area contributed by atoms with Crippen LogP contribution in [0.5, 0.6) is 0 Å². The van der Waals surface area contributed by atoms with E-state index in [1.54, 1.807) is 0 Å². The Hall–Kier alpha value is -1.39. The predicted molar refractivity (Wildman–Crippen MR) is 62.9 cm³/mol. The number of nitrogens with two attached hydrogens (primary N) is 1. The van der Waals surface area contributed by atoms with Crippen molar-refractivity contribution in [2.24, 2.45) is 5.73 Å². The Kier molecular flexibility index (Phi) is 4.95. The van der Waals surface area contributed by atoms with Crippen LogP contribution in [-0.4, -0.2) is 25.7 Å². The van der Waals surface area contributed by atoms with Gasteiger partial charge in [0.1, 0.15) is 6.04 Å². The van der Waals surface area contributed by atoms with Crippen molar-refractivity contribution in [3.8, 4) is 0 Å². The lowest BCUT2D eigenvalue weighted by molar-refractivity contribution is -0.124. The van der Waals surface area contributed by atoms with E-state index in [2.05, 4.69) is 5.32 Å². The summed E-state index contributed by atoms with van der Waals surface area (Å²) in [6, 6.07) is 9.08. The van der Waals surface area contributed by atoms with Gasteiger partial charge in [-0.05, 0) is 12.5 Å². The van der Waals surface area contributed by atoms with E-state index in [9.17, 15) is 4.79 Å². The molecule has 16 heavy (non-hydrogen) atoms. The number of rotatable bonds is 5. The SMILES string of the molecule is COCC(N)C(=O)N[C@@H](C)c1ccccc1. The molecule has 3 N–H and O–H groups in total. The number of hydrogen-bond acceptors (Lipinski definition) is 3. The van der Waals surface area contributed by atoms with Crippen LogP contribution in [0.3, 0.4) is 0 Å². The third-order valence-electron chi connectivity index (χ3n) is 2.34. The number of nitrogens with one attached hydrogen (secondary N) is 1. The van der Waals surface area contributed by atoms with E-state index < -0.39 is 6.04 Å². The molecule has 4 nitrogen and oxygen atoms in total. The summed E-state index contributed by atoms with van der Waals surface area (Å²) in [4.78, 5) is 11.6. The molecule has 0 spiro atoms. The highest BCUT2D eigenvalue weighted by molar-refractivity contribution is 5.82. The zero-order valence-corrected chi connectivity index (χ0v) is 9.64. The van der Waals surface area contributed by atoms with Crippen LogP contribution < -0.4 is 11.1 Å². The van der Waals surface area contributed by atoms with Crippen molar-refractivity contribution >= 4 is 5.91 Å². The van der Waals surface area contributed by atoms with E-state index in [1.807, 2.05) is 37.3 Å². The first-order valence-corrected chi connectivity index (χ1v) is 5.25. The topological polar surface area (TPSA) is 64.3 Å². The Morgan fingerprint density at radius 3 is 2.62 bits per heavy atom. The molecule has 1 rings (SSSR count). The van der Waals surface area contributed by atoms with Gasteiger partial charge in [-0.15, -0.1) is 0 Å². The molecule has 0 heterocycles.